The van der Waals surface area contributed by atoms with Crippen LogP contribution in [-0.4, -0.2) is 17.7 Å². The summed E-state index contributed by atoms with van der Waals surface area (Å²) in [5.41, 5.74) is 4.49. The van der Waals surface area contributed by atoms with Crippen molar-refractivity contribution in [1.82, 2.24) is 0 Å². The second kappa shape index (κ2) is 9.33. The second-order valence-electron chi connectivity index (χ2n) is 8.10. The van der Waals surface area contributed by atoms with Gasteiger partial charge in [0.25, 0.3) is 17.7 Å². The van der Waals surface area contributed by atoms with Gasteiger partial charge < -0.3 is 10.6 Å². The fraction of sp³-hybridized carbons (Fsp3) is 0.115. The van der Waals surface area contributed by atoms with Crippen LogP contribution < -0.4 is 15.5 Å². The molecule has 2 N–H and O–H groups in total. The third-order valence-electron chi connectivity index (χ3n) is 5.32. The van der Waals surface area contributed by atoms with Gasteiger partial charge in [-0.3, -0.25) is 14.4 Å². The average molecular weight is 494 g/mol. The first kappa shape index (κ1) is 23.5. The molecule has 1 aliphatic heterocycles. The van der Waals surface area contributed by atoms with E-state index in [-0.39, 0.29) is 16.6 Å². The summed E-state index contributed by atoms with van der Waals surface area (Å²) in [6, 6.07) is 17.2. The summed E-state index contributed by atoms with van der Waals surface area (Å²) in [6.45, 7) is 5.65. The van der Waals surface area contributed by atoms with Gasteiger partial charge in [0.1, 0.15) is 10.7 Å². The molecule has 3 aromatic rings. The highest BCUT2D eigenvalue weighted by atomic mass is 35.5. The maximum Gasteiger partial charge on any atom is 0.283 e. The summed E-state index contributed by atoms with van der Waals surface area (Å²) in [7, 11) is 0. The molecule has 4 rings (SSSR count). The number of aryl methyl sites for hydroxylation is 3. The zero-order chi connectivity index (χ0) is 24.6. The topological polar surface area (TPSA) is 78.5 Å². The van der Waals surface area contributed by atoms with Crippen molar-refractivity contribution in [3.05, 3.63) is 98.7 Å². The molecule has 0 atom stereocenters. The number of amides is 3. The van der Waals surface area contributed by atoms with E-state index in [0.717, 1.165) is 21.6 Å². The van der Waals surface area contributed by atoms with Crippen molar-refractivity contribution in [2.24, 2.45) is 0 Å². The van der Waals surface area contributed by atoms with Crippen molar-refractivity contribution in [1.29, 1.82) is 0 Å². The van der Waals surface area contributed by atoms with E-state index >= 15 is 0 Å². The lowest BCUT2D eigenvalue weighted by atomic mass is 10.1. The van der Waals surface area contributed by atoms with Crippen LogP contribution in [0.3, 0.4) is 0 Å². The normalized spacial score (nSPS) is 13.5. The lowest BCUT2D eigenvalue weighted by molar-refractivity contribution is -0.120. The van der Waals surface area contributed by atoms with Crippen LogP contribution in [-0.2, 0) is 9.59 Å². The van der Waals surface area contributed by atoms with Gasteiger partial charge in [-0.15, -0.1) is 0 Å². The number of nitrogens with zero attached hydrogens (tertiary/aromatic N) is 1. The largest absolute Gasteiger partial charge is 0.350 e. The quantitative estimate of drug-likeness (QED) is 0.430. The molecule has 0 fully saturated rings. The number of nitrogens with one attached hydrogen (secondary N) is 2. The zero-order valence-corrected chi connectivity index (χ0v) is 20.2. The maximum absolute atomic E-state index is 13.1. The zero-order valence-electron chi connectivity index (χ0n) is 18.7. The number of hydrogen-bond donors (Lipinski definition) is 2. The molecule has 1 heterocycles. The van der Waals surface area contributed by atoms with E-state index < -0.39 is 11.8 Å². The molecule has 0 radical (unpaired) electrons. The molecule has 0 aliphatic carbocycles. The van der Waals surface area contributed by atoms with Gasteiger partial charge in [-0.1, -0.05) is 41.4 Å². The highest BCUT2D eigenvalue weighted by Gasteiger charge is 2.39. The predicted molar refractivity (Wildman–Crippen MR) is 135 cm³/mol. The molecule has 1 aliphatic rings. The molecule has 0 bridgehead atoms. The van der Waals surface area contributed by atoms with E-state index in [9.17, 15) is 14.4 Å². The lowest BCUT2D eigenvalue weighted by Gasteiger charge is -2.16. The Morgan fingerprint density at radius 3 is 2.21 bits per heavy atom. The molecule has 3 aromatic carbocycles. The van der Waals surface area contributed by atoms with Gasteiger partial charge in [-0.2, -0.15) is 0 Å². The van der Waals surface area contributed by atoms with Crippen molar-refractivity contribution in [3.63, 3.8) is 0 Å². The van der Waals surface area contributed by atoms with Gasteiger partial charge >= 0.3 is 0 Å². The first-order chi connectivity index (χ1) is 16.1. The molecule has 0 saturated heterocycles. The third kappa shape index (κ3) is 4.69. The molecular weight excluding hydrogens is 473 g/mol. The van der Waals surface area contributed by atoms with Crippen molar-refractivity contribution in [3.8, 4) is 0 Å². The molecule has 34 heavy (non-hydrogen) atoms. The molecule has 0 saturated carbocycles. The minimum absolute atomic E-state index is 0.0475. The molecule has 3 amide bonds. The van der Waals surface area contributed by atoms with Gasteiger partial charge in [-0.25, -0.2) is 4.90 Å². The first-order valence-electron chi connectivity index (χ1n) is 10.5. The summed E-state index contributed by atoms with van der Waals surface area (Å²) in [6.07, 6.45) is 0. The van der Waals surface area contributed by atoms with E-state index in [1.807, 2.05) is 32.9 Å². The van der Waals surface area contributed by atoms with Gasteiger partial charge in [0, 0.05) is 22.0 Å². The number of halogens is 2. The minimum atomic E-state index is -0.607. The monoisotopic (exact) mass is 493 g/mol. The van der Waals surface area contributed by atoms with Crippen molar-refractivity contribution in [2.75, 3.05) is 15.5 Å². The summed E-state index contributed by atoms with van der Waals surface area (Å²) >= 11 is 12.4. The molecule has 0 spiro atoms. The number of hydrogen-bond acceptors (Lipinski definition) is 4. The molecule has 172 valence electrons. The van der Waals surface area contributed by atoms with Crippen molar-refractivity contribution < 1.29 is 14.4 Å². The van der Waals surface area contributed by atoms with E-state index in [1.54, 1.807) is 48.5 Å². The smallest absolute Gasteiger partial charge is 0.283 e. The number of carbonyl (C=O) groups excluding carboxylic acids is 3. The number of benzene rings is 3. The molecule has 0 aromatic heterocycles. The van der Waals surface area contributed by atoms with E-state index in [2.05, 4.69) is 10.6 Å². The van der Waals surface area contributed by atoms with Crippen LogP contribution in [0, 0.1) is 20.8 Å². The summed E-state index contributed by atoms with van der Waals surface area (Å²) in [5, 5.41) is 6.04. The van der Waals surface area contributed by atoms with Crippen LogP contribution in [0.5, 0.6) is 0 Å². The van der Waals surface area contributed by atoms with Crippen molar-refractivity contribution >= 4 is 58.0 Å². The highest BCUT2D eigenvalue weighted by molar-refractivity contribution is 6.53. The Bertz CT molecular complexity index is 1360. The lowest BCUT2D eigenvalue weighted by Crippen LogP contribution is -2.32. The fourth-order valence-electron chi connectivity index (χ4n) is 3.68. The van der Waals surface area contributed by atoms with Gasteiger partial charge in [-0.05, 0) is 79.9 Å². The minimum Gasteiger partial charge on any atom is -0.350 e. The van der Waals surface area contributed by atoms with Crippen LogP contribution in [0.15, 0.2) is 71.4 Å². The van der Waals surface area contributed by atoms with Crippen molar-refractivity contribution in [2.45, 2.75) is 20.8 Å². The highest BCUT2D eigenvalue weighted by Crippen LogP contribution is 2.31. The van der Waals surface area contributed by atoms with Crippen LogP contribution in [0.2, 0.25) is 5.02 Å². The second-order valence-corrected chi connectivity index (χ2v) is 8.89. The molecular formula is C26H21Cl2N3O3. The molecule has 0 unspecified atom stereocenters. The Morgan fingerprint density at radius 1 is 0.824 bits per heavy atom. The summed E-state index contributed by atoms with van der Waals surface area (Å²) < 4.78 is 0. The molecule has 6 nitrogen and oxygen atoms in total. The van der Waals surface area contributed by atoms with E-state index in [1.165, 1.54) is 0 Å². The number of carbonyl (C=O) groups is 3. The first-order valence-corrected chi connectivity index (χ1v) is 11.2. The predicted octanol–water partition coefficient (Wildman–Crippen LogP) is 5.95. The third-order valence-corrected chi connectivity index (χ3v) is 6.07. The van der Waals surface area contributed by atoms with Gasteiger partial charge in [0.15, 0.2) is 0 Å². The van der Waals surface area contributed by atoms with E-state index in [0.29, 0.717) is 27.6 Å². The standard InChI is InChI=1S/C26H21Cl2N3O3/c1-14-9-15(2)11-20(10-14)31-25(33)22(28)23(26(31)34)29-18-6-4-5-17(12-18)24(32)30-19-8-7-16(3)21(27)13-19/h4-13,29H,1-3H3,(H,30,32). The van der Waals surface area contributed by atoms with E-state index in [4.69, 9.17) is 23.2 Å². The number of rotatable bonds is 5. The average Bonchev–Trinajstić information content (AvgIpc) is 2.99. The number of anilines is 3. The Morgan fingerprint density at radius 2 is 1.53 bits per heavy atom. The maximum atomic E-state index is 13.1. The SMILES string of the molecule is Cc1cc(C)cc(N2C(=O)C(Cl)=C(Nc3cccc(C(=O)Nc4ccc(C)c(Cl)c4)c3)C2=O)c1. The Hall–Kier alpha value is -3.61. The summed E-state index contributed by atoms with van der Waals surface area (Å²) in [5.74, 6) is -1.53. The van der Waals surface area contributed by atoms with Crippen LogP contribution in [0.25, 0.3) is 0 Å². The van der Waals surface area contributed by atoms with Crippen LogP contribution in [0.1, 0.15) is 27.0 Å². The van der Waals surface area contributed by atoms with Gasteiger partial charge in [0.2, 0.25) is 0 Å². The summed E-state index contributed by atoms with van der Waals surface area (Å²) in [4.78, 5) is 39.6. The van der Waals surface area contributed by atoms with Gasteiger partial charge in [0.05, 0.1) is 5.69 Å². The fourth-order valence-corrected chi connectivity index (χ4v) is 4.08. The van der Waals surface area contributed by atoms with Crippen LogP contribution >= 0.6 is 23.2 Å². The Balaban J connectivity index is 1.55. The number of imide groups is 1. The van der Waals surface area contributed by atoms with Crippen LogP contribution in [0.4, 0.5) is 17.1 Å². The Kier molecular flexibility index (Phi) is 6.46. The molecule has 8 heteroatoms. The Labute approximate surface area is 207 Å².